The number of nitrogens with zero attached hydrogens (tertiary/aromatic N) is 1. The third-order valence-electron chi connectivity index (χ3n) is 3.61. The summed E-state index contributed by atoms with van der Waals surface area (Å²) < 4.78 is 6.95. The summed E-state index contributed by atoms with van der Waals surface area (Å²) in [7, 11) is 0. The van der Waals surface area contributed by atoms with Crippen LogP contribution in [-0.4, -0.2) is 43.8 Å². The fraction of sp³-hybridized carbons (Fsp3) is 0.600. The Labute approximate surface area is 124 Å². The van der Waals surface area contributed by atoms with Crippen molar-refractivity contribution in [2.24, 2.45) is 0 Å². The van der Waals surface area contributed by atoms with Crippen LogP contribution >= 0.6 is 15.9 Å². The first-order valence-corrected chi connectivity index (χ1v) is 7.74. The highest BCUT2D eigenvalue weighted by molar-refractivity contribution is 9.10. The second-order valence-corrected chi connectivity index (χ2v) is 6.06. The van der Waals surface area contributed by atoms with E-state index >= 15 is 0 Å². The van der Waals surface area contributed by atoms with Crippen LogP contribution in [0.15, 0.2) is 16.6 Å². The van der Waals surface area contributed by atoms with E-state index in [4.69, 9.17) is 4.74 Å². The zero-order valence-electron chi connectivity index (χ0n) is 12.0. The number of hydrogen-bond donors (Lipinski definition) is 1. The standard InChI is InChI=1S/C15H23BrN2O/c1-4-18-5-6-19-13(10-18)9-17-15-12(3)7-11(2)8-14(15)16/h7-8,13,17H,4-6,9-10H2,1-3H3. The van der Waals surface area contributed by atoms with E-state index in [2.05, 4.69) is 59.1 Å². The molecule has 1 saturated heterocycles. The zero-order valence-corrected chi connectivity index (χ0v) is 13.6. The van der Waals surface area contributed by atoms with Gasteiger partial charge in [-0.3, -0.25) is 4.90 Å². The van der Waals surface area contributed by atoms with Crippen LogP contribution in [0.5, 0.6) is 0 Å². The lowest BCUT2D eigenvalue weighted by atomic mass is 10.1. The average molecular weight is 327 g/mol. The molecule has 106 valence electrons. The molecule has 0 spiro atoms. The summed E-state index contributed by atoms with van der Waals surface area (Å²) in [5.41, 5.74) is 3.74. The Morgan fingerprint density at radius 2 is 2.21 bits per heavy atom. The highest BCUT2D eigenvalue weighted by Gasteiger charge is 2.19. The molecule has 0 bridgehead atoms. The van der Waals surface area contributed by atoms with E-state index in [1.165, 1.54) is 16.8 Å². The van der Waals surface area contributed by atoms with Crippen LogP contribution in [0.25, 0.3) is 0 Å². The van der Waals surface area contributed by atoms with Crippen molar-refractivity contribution in [2.75, 3.05) is 38.1 Å². The molecule has 0 saturated carbocycles. The van der Waals surface area contributed by atoms with Crippen LogP contribution in [0.3, 0.4) is 0 Å². The number of benzene rings is 1. The predicted molar refractivity (Wildman–Crippen MR) is 84.0 cm³/mol. The molecular weight excluding hydrogens is 304 g/mol. The number of halogens is 1. The zero-order chi connectivity index (χ0) is 13.8. The van der Waals surface area contributed by atoms with E-state index in [0.29, 0.717) is 0 Å². The number of anilines is 1. The van der Waals surface area contributed by atoms with Gasteiger partial charge in [0, 0.05) is 24.1 Å². The summed E-state index contributed by atoms with van der Waals surface area (Å²) in [6, 6.07) is 4.35. The van der Waals surface area contributed by atoms with Crippen LogP contribution in [-0.2, 0) is 4.74 Å². The topological polar surface area (TPSA) is 24.5 Å². The number of ether oxygens (including phenoxy) is 1. The maximum atomic E-state index is 5.82. The van der Waals surface area contributed by atoms with Gasteiger partial charge >= 0.3 is 0 Å². The normalized spacial score (nSPS) is 20.5. The molecule has 0 aliphatic carbocycles. The minimum absolute atomic E-state index is 0.279. The number of hydrogen-bond acceptors (Lipinski definition) is 3. The van der Waals surface area contributed by atoms with Gasteiger partial charge in [-0.1, -0.05) is 13.0 Å². The molecule has 1 aromatic rings. The first-order chi connectivity index (χ1) is 9.10. The Morgan fingerprint density at radius 3 is 2.89 bits per heavy atom. The minimum Gasteiger partial charge on any atom is -0.381 e. The molecule has 1 aliphatic heterocycles. The summed E-state index contributed by atoms with van der Waals surface area (Å²) in [4.78, 5) is 2.44. The van der Waals surface area contributed by atoms with Gasteiger partial charge in [0.1, 0.15) is 0 Å². The monoisotopic (exact) mass is 326 g/mol. The highest BCUT2D eigenvalue weighted by Crippen LogP contribution is 2.27. The Bertz CT molecular complexity index is 413. The molecule has 1 aromatic carbocycles. The van der Waals surface area contributed by atoms with Crippen LogP contribution in [0.1, 0.15) is 18.1 Å². The summed E-state index contributed by atoms with van der Waals surface area (Å²) >= 11 is 3.63. The second kappa shape index (κ2) is 6.73. The molecule has 0 aromatic heterocycles. The van der Waals surface area contributed by atoms with Crippen molar-refractivity contribution in [2.45, 2.75) is 26.9 Å². The number of likely N-dealkylation sites (N-methyl/N-ethyl adjacent to an activating group) is 1. The van der Waals surface area contributed by atoms with E-state index in [1.54, 1.807) is 0 Å². The number of rotatable bonds is 4. The summed E-state index contributed by atoms with van der Waals surface area (Å²) in [5.74, 6) is 0. The van der Waals surface area contributed by atoms with Crippen molar-refractivity contribution >= 4 is 21.6 Å². The van der Waals surface area contributed by atoms with Gasteiger partial charge in [-0.05, 0) is 53.5 Å². The molecule has 1 unspecified atom stereocenters. The smallest absolute Gasteiger partial charge is 0.0874 e. The number of nitrogens with one attached hydrogen (secondary N) is 1. The molecule has 1 aliphatic rings. The van der Waals surface area contributed by atoms with Gasteiger partial charge in [-0.25, -0.2) is 0 Å². The van der Waals surface area contributed by atoms with Gasteiger partial charge in [-0.2, -0.15) is 0 Å². The first kappa shape index (κ1) is 14.8. The predicted octanol–water partition coefficient (Wildman–Crippen LogP) is 3.20. The third-order valence-corrected chi connectivity index (χ3v) is 4.23. The van der Waals surface area contributed by atoms with Gasteiger partial charge in [-0.15, -0.1) is 0 Å². The first-order valence-electron chi connectivity index (χ1n) is 6.94. The van der Waals surface area contributed by atoms with Crippen LogP contribution < -0.4 is 5.32 Å². The lowest BCUT2D eigenvalue weighted by Gasteiger charge is -2.32. The molecule has 1 heterocycles. The quantitative estimate of drug-likeness (QED) is 0.919. The Balaban J connectivity index is 1.95. The molecule has 3 nitrogen and oxygen atoms in total. The van der Waals surface area contributed by atoms with Crippen molar-refractivity contribution in [3.8, 4) is 0 Å². The lowest BCUT2D eigenvalue weighted by molar-refractivity contribution is -0.0191. The molecule has 0 radical (unpaired) electrons. The van der Waals surface area contributed by atoms with Crippen molar-refractivity contribution in [3.63, 3.8) is 0 Å². The second-order valence-electron chi connectivity index (χ2n) is 5.21. The van der Waals surface area contributed by atoms with Gasteiger partial charge in [0.2, 0.25) is 0 Å². The van der Waals surface area contributed by atoms with E-state index in [-0.39, 0.29) is 6.10 Å². The third kappa shape index (κ3) is 3.94. The average Bonchev–Trinajstić information content (AvgIpc) is 2.37. The van der Waals surface area contributed by atoms with Crippen LogP contribution in [0.2, 0.25) is 0 Å². The van der Waals surface area contributed by atoms with Gasteiger partial charge in [0.15, 0.2) is 0 Å². The van der Waals surface area contributed by atoms with Gasteiger partial charge in [0.25, 0.3) is 0 Å². The maximum Gasteiger partial charge on any atom is 0.0874 e. The van der Waals surface area contributed by atoms with Crippen LogP contribution in [0.4, 0.5) is 5.69 Å². The maximum absolute atomic E-state index is 5.82. The fourth-order valence-electron chi connectivity index (χ4n) is 2.55. The molecule has 0 amide bonds. The molecule has 4 heteroatoms. The van der Waals surface area contributed by atoms with Crippen molar-refractivity contribution in [3.05, 3.63) is 27.7 Å². The SMILES string of the molecule is CCN1CCOC(CNc2c(C)cc(C)cc2Br)C1. The molecule has 1 N–H and O–H groups in total. The molecule has 1 atom stereocenters. The van der Waals surface area contributed by atoms with E-state index in [1.807, 2.05) is 0 Å². The van der Waals surface area contributed by atoms with Crippen molar-refractivity contribution in [1.82, 2.24) is 4.90 Å². The Hall–Kier alpha value is -0.580. The minimum atomic E-state index is 0.279. The van der Waals surface area contributed by atoms with Gasteiger partial charge < -0.3 is 10.1 Å². The molecule has 2 rings (SSSR count). The number of morpholine rings is 1. The molecular formula is C15H23BrN2O. The summed E-state index contributed by atoms with van der Waals surface area (Å²) in [5, 5.41) is 3.52. The Kier molecular flexibility index (Phi) is 5.25. The van der Waals surface area contributed by atoms with Gasteiger partial charge in [0.05, 0.1) is 18.4 Å². The highest BCUT2D eigenvalue weighted by atomic mass is 79.9. The molecule has 19 heavy (non-hydrogen) atoms. The lowest BCUT2D eigenvalue weighted by Crippen LogP contribution is -2.45. The van der Waals surface area contributed by atoms with Crippen molar-refractivity contribution < 1.29 is 4.74 Å². The largest absolute Gasteiger partial charge is 0.381 e. The van der Waals surface area contributed by atoms with Crippen molar-refractivity contribution in [1.29, 1.82) is 0 Å². The van der Waals surface area contributed by atoms with Crippen LogP contribution in [0, 0.1) is 13.8 Å². The summed E-state index contributed by atoms with van der Waals surface area (Å²) in [6.45, 7) is 11.3. The van der Waals surface area contributed by atoms with E-state index in [0.717, 1.165) is 37.3 Å². The van der Waals surface area contributed by atoms with E-state index < -0.39 is 0 Å². The number of aryl methyl sites for hydroxylation is 2. The fourth-order valence-corrected chi connectivity index (χ4v) is 3.36. The summed E-state index contributed by atoms with van der Waals surface area (Å²) in [6.07, 6.45) is 0.279. The van der Waals surface area contributed by atoms with E-state index in [9.17, 15) is 0 Å². The Morgan fingerprint density at radius 1 is 1.42 bits per heavy atom. The molecule has 1 fully saturated rings.